The summed E-state index contributed by atoms with van der Waals surface area (Å²) in [4.78, 5) is 3.58. The highest BCUT2D eigenvalue weighted by molar-refractivity contribution is 7.10. The molecule has 1 aromatic rings. The second kappa shape index (κ2) is 5.77. The lowest BCUT2D eigenvalue weighted by Gasteiger charge is -2.33. The standard InChI is InChI=1S/C12H19NO2S/c1-2-10(14)8-13-5-6-15-11(9-13)12-4-3-7-16-12/h3-4,7,10-11,14H,2,5-6,8-9H2,1H3/t10-,11?/m1/s1. The van der Waals surface area contributed by atoms with E-state index in [4.69, 9.17) is 4.74 Å². The van der Waals surface area contributed by atoms with Crippen molar-refractivity contribution >= 4 is 11.3 Å². The molecular formula is C12H19NO2S. The second-order valence-electron chi connectivity index (χ2n) is 4.20. The largest absolute Gasteiger partial charge is 0.392 e. The summed E-state index contributed by atoms with van der Waals surface area (Å²) >= 11 is 1.74. The van der Waals surface area contributed by atoms with Crippen LogP contribution in [0, 0.1) is 0 Å². The molecule has 2 rings (SSSR count). The van der Waals surface area contributed by atoms with Crippen molar-refractivity contribution < 1.29 is 9.84 Å². The first-order chi connectivity index (χ1) is 7.79. The number of rotatable bonds is 4. The van der Waals surface area contributed by atoms with Gasteiger partial charge in [-0.1, -0.05) is 13.0 Å². The summed E-state index contributed by atoms with van der Waals surface area (Å²) in [5.41, 5.74) is 0. The molecule has 0 radical (unpaired) electrons. The highest BCUT2D eigenvalue weighted by Crippen LogP contribution is 2.26. The zero-order chi connectivity index (χ0) is 11.4. The minimum Gasteiger partial charge on any atom is -0.392 e. The number of aliphatic hydroxyl groups is 1. The summed E-state index contributed by atoms with van der Waals surface area (Å²) in [5.74, 6) is 0. The molecule has 1 unspecified atom stereocenters. The van der Waals surface area contributed by atoms with Gasteiger partial charge in [0, 0.05) is 24.5 Å². The third-order valence-corrected chi connectivity index (χ3v) is 3.92. The summed E-state index contributed by atoms with van der Waals surface area (Å²) in [7, 11) is 0. The molecule has 16 heavy (non-hydrogen) atoms. The number of morpholine rings is 1. The lowest BCUT2D eigenvalue weighted by atomic mass is 10.2. The van der Waals surface area contributed by atoms with E-state index in [0.717, 1.165) is 32.7 Å². The van der Waals surface area contributed by atoms with Crippen LogP contribution in [0.5, 0.6) is 0 Å². The van der Waals surface area contributed by atoms with Gasteiger partial charge in [0.15, 0.2) is 0 Å². The van der Waals surface area contributed by atoms with Crippen molar-refractivity contribution in [2.24, 2.45) is 0 Å². The summed E-state index contributed by atoms with van der Waals surface area (Å²) in [6.07, 6.45) is 0.806. The fourth-order valence-electron chi connectivity index (χ4n) is 1.94. The van der Waals surface area contributed by atoms with Crippen LogP contribution >= 0.6 is 11.3 Å². The monoisotopic (exact) mass is 241 g/mol. The Morgan fingerprint density at radius 2 is 2.56 bits per heavy atom. The van der Waals surface area contributed by atoms with Crippen LogP contribution in [0.15, 0.2) is 17.5 Å². The van der Waals surface area contributed by atoms with Crippen molar-refractivity contribution in [3.8, 4) is 0 Å². The average molecular weight is 241 g/mol. The molecule has 2 heterocycles. The minimum atomic E-state index is -0.206. The molecule has 4 heteroatoms. The topological polar surface area (TPSA) is 32.7 Å². The Balaban J connectivity index is 1.89. The highest BCUT2D eigenvalue weighted by Gasteiger charge is 2.23. The molecule has 1 N–H and O–H groups in total. The quantitative estimate of drug-likeness (QED) is 0.874. The summed E-state index contributed by atoms with van der Waals surface area (Å²) in [5, 5.41) is 11.7. The number of ether oxygens (including phenoxy) is 1. The summed E-state index contributed by atoms with van der Waals surface area (Å²) in [6.45, 7) is 5.37. The Morgan fingerprint density at radius 1 is 1.69 bits per heavy atom. The van der Waals surface area contributed by atoms with Crippen LogP contribution in [-0.2, 0) is 4.74 Å². The van der Waals surface area contributed by atoms with Crippen LogP contribution in [0.25, 0.3) is 0 Å². The van der Waals surface area contributed by atoms with Crippen LogP contribution in [-0.4, -0.2) is 42.4 Å². The van der Waals surface area contributed by atoms with Gasteiger partial charge in [-0.05, 0) is 17.9 Å². The summed E-state index contributed by atoms with van der Waals surface area (Å²) < 4.78 is 5.75. The van der Waals surface area contributed by atoms with Gasteiger partial charge in [-0.25, -0.2) is 0 Å². The summed E-state index contributed by atoms with van der Waals surface area (Å²) in [6, 6.07) is 4.18. The van der Waals surface area contributed by atoms with Crippen molar-refractivity contribution in [2.75, 3.05) is 26.2 Å². The van der Waals surface area contributed by atoms with Crippen LogP contribution in [0.4, 0.5) is 0 Å². The van der Waals surface area contributed by atoms with Gasteiger partial charge in [0.2, 0.25) is 0 Å². The van der Waals surface area contributed by atoms with Gasteiger partial charge < -0.3 is 9.84 Å². The molecule has 3 nitrogen and oxygen atoms in total. The van der Waals surface area contributed by atoms with Gasteiger partial charge in [-0.3, -0.25) is 4.90 Å². The van der Waals surface area contributed by atoms with Gasteiger partial charge in [0.05, 0.1) is 12.7 Å². The van der Waals surface area contributed by atoms with E-state index >= 15 is 0 Å². The maximum absolute atomic E-state index is 9.65. The molecule has 90 valence electrons. The van der Waals surface area contributed by atoms with Crippen molar-refractivity contribution in [1.29, 1.82) is 0 Å². The number of thiophene rings is 1. The van der Waals surface area contributed by atoms with Crippen molar-refractivity contribution in [3.05, 3.63) is 22.4 Å². The maximum atomic E-state index is 9.65. The molecule has 0 saturated carbocycles. The van der Waals surface area contributed by atoms with E-state index in [0.29, 0.717) is 0 Å². The molecular weight excluding hydrogens is 222 g/mol. The molecule has 0 aliphatic carbocycles. The lowest BCUT2D eigenvalue weighted by molar-refractivity contribution is -0.0407. The molecule has 1 aliphatic rings. The molecule has 1 aliphatic heterocycles. The fraction of sp³-hybridized carbons (Fsp3) is 0.667. The van der Waals surface area contributed by atoms with Gasteiger partial charge in [-0.15, -0.1) is 11.3 Å². The third kappa shape index (κ3) is 3.04. The van der Waals surface area contributed by atoms with E-state index in [1.165, 1.54) is 4.88 Å². The van der Waals surface area contributed by atoms with Crippen molar-refractivity contribution in [2.45, 2.75) is 25.6 Å². The molecule has 1 fully saturated rings. The van der Waals surface area contributed by atoms with Crippen LogP contribution in [0.3, 0.4) is 0 Å². The number of hydrogen-bond donors (Lipinski definition) is 1. The number of aliphatic hydroxyl groups excluding tert-OH is 1. The van der Waals surface area contributed by atoms with Gasteiger partial charge in [-0.2, -0.15) is 0 Å². The van der Waals surface area contributed by atoms with E-state index < -0.39 is 0 Å². The number of hydrogen-bond acceptors (Lipinski definition) is 4. The van der Waals surface area contributed by atoms with Gasteiger partial charge >= 0.3 is 0 Å². The van der Waals surface area contributed by atoms with E-state index in [1.807, 2.05) is 6.92 Å². The molecule has 2 atom stereocenters. The zero-order valence-electron chi connectivity index (χ0n) is 9.63. The third-order valence-electron chi connectivity index (χ3n) is 2.95. The second-order valence-corrected chi connectivity index (χ2v) is 5.18. The Labute approximate surface area is 101 Å². The van der Waals surface area contributed by atoms with E-state index in [9.17, 15) is 5.11 Å². The lowest BCUT2D eigenvalue weighted by Crippen LogP contribution is -2.42. The Hall–Kier alpha value is -0.420. The van der Waals surface area contributed by atoms with Crippen molar-refractivity contribution in [1.82, 2.24) is 4.90 Å². The SMILES string of the molecule is CC[C@@H](O)CN1CCOC(c2cccs2)C1. The Morgan fingerprint density at radius 3 is 3.25 bits per heavy atom. The van der Waals surface area contributed by atoms with E-state index in [2.05, 4.69) is 22.4 Å². The molecule has 1 aromatic heterocycles. The molecule has 1 saturated heterocycles. The first kappa shape index (κ1) is 12.0. The number of nitrogens with zero attached hydrogens (tertiary/aromatic N) is 1. The number of β-amino-alcohol motifs (C(OH)–C–C–N with tert-alkyl or cyclic N) is 1. The van der Waals surface area contributed by atoms with Crippen LogP contribution in [0.2, 0.25) is 0 Å². The average Bonchev–Trinajstić information content (AvgIpc) is 2.83. The minimum absolute atomic E-state index is 0.192. The van der Waals surface area contributed by atoms with E-state index in [1.54, 1.807) is 11.3 Å². The van der Waals surface area contributed by atoms with Crippen LogP contribution in [0.1, 0.15) is 24.3 Å². The van der Waals surface area contributed by atoms with Crippen LogP contribution < -0.4 is 0 Å². The van der Waals surface area contributed by atoms with Gasteiger partial charge in [0.25, 0.3) is 0 Å². The van der Waals surface area contributed by atoms with Crippen molar-refractivity contribution in [3.63, 3.8) is 0 Å². The Bertz CT molecular complexity index is 302. The molecule has 0 spiro atoms. The molecule has 0 bridgehead atoms. The highest BCUT2D eigenvalue weighted by atomic mass is 32.1. The molecule has 0 aromatic carbocycles. The Kier molecular flexibility index (Phi) is 4.35. The first-order valence-electron chi connectivity index (χ1n) is 5.85. The first-order valence-corrected chi connectivity index (χ1v) is 6.73. The zero-order valence-corrected chi connectivity index (χ0v) is 10.4. The van der Waals surface area contributed by atoms with E-state index in [-0.39, 0.29) is 12.2 Å². The predicted molar refractivity (Wildman–Crippen MR) is 65.7 cm³/mol. The smallest absolute Gasteiger partial charge is 0.104 e. The normalized spacial score (nSPS) is 24.5. The van der Waals surface area contributed by atoms with Gasteiger partial charge in [0.1, 0.15) is 6.10 Å². The maximum Gasteiger partial charge on any atom is 0.104 e. The molecule has 0 amide bonds. The fourth-order valence-corrected chi connectivity index (χ4v) is 2.71. The predicted octanol–water partition coefficient (Wildman–Crippen LogP) is 1.89.